The number of carbonyl (C=O) groups is 3. The van der Waals surface area contributed by atoms with Gasteiger partial charge in [0, 0.05) is 5.56 Å². The molecule has 0 saturated carbocycles. The molecule has 7 heteroatoms. The second-order valence-electron chi connectivity index (χ2n) is 4.98. The third-order valence-electron chi connectivity index (χ3n) is 3.23. The van der Waals surface area contributed by atoms with Gasteiger partial charge in [0.1, 0.15) is 17.1 Å². The number of carbonyl (C=O) groups excluding carboxylic acids is 3. The van der Waals surface area contributed by atoms with Crippen LogP contribution in [0.5, 0.6) is 0 Å². The van der Waals surface area contributed by atoms with Crippen molar-refractivity contribution >= 4 is 23.5 Å². The lowest BCUT2D eigenvalue weighted by Crippen LogP contribution is -2.16. The van der Waals surface area contributed by atoms with Gasteiger partial charge < -0.3 is 9.15 Å². The first-order valence-corrected chi connectivity index (χ1v) is 7.23. The van der Waals surface area contributed by atoms with E-state index in [0.29, 0.717) is 0 Å². The highest BCUT2D eigenvalue weighted by molar-refractivity contribution is 6.12. The lowest BCUT2D eigenvalue weighted by Gasteiger charge is -2.06. The van der Waals surface area contributed by atoms with Crippen LogP contribution >= 0.6 is 0 Å². The van der Waals surface area contributed by atoms with Gasteiger partial charge in [0.25, 0.3) is 5.91 Å². The van der Waals surface area contributed by atoms with Gasteiger partial charge in [-0.05, 0) is 39.0 Å². The third kappa shape index (κ3) is 3.51. The lowest BCUT2D eigenvalue weighted by molar-refractivity contribution is 0.0524. The number of amides is 1. The van der Waals surface area contributed by atoms with Crippen LogP contribution in [0.3, 0.4) is 0 Å². The molecule has 0 aliphatic rings. The van der Waals surface area contributed by atoms with E-state index in [1.807, 2.05) is 0 Å². The molecule has 126 valence electrons. The number of rotatable bonds is 5. The lowest BCUT2D eigenvalue weighted by atomic mass is 10.1. The fourth-order valence-corrected chi connectivity index (χ4v) is 2.26. The van der Waals surface area contributed by atoms with E-state index >= 15 is 0 Å². The van der Waals surface area contributed by atoms with Crippen molar-refractivity contribution < 1.29 is 27.9 Å². The molecule has 1 aromatic carbocycles. The molecule has 6 nitrogen and oxygen atoms in total. The zero-order chi connectivity index (χ0) is 17.9. The van der Waals surface area contributed by atoms with Crippen molar-refractivity contribution in [3.05, 3.63) is 52.5 Å². The Balaban J connectivity index is 2.43. The van der Waals surface area contributed by atoms with E-state index in [9.17, 15) is 18.8 Å². The maximum atomic E-state index is 13.2. The Hall–Kier alpha value is -2.96. The molecule has 1 amide bonds. The average molecular weight is 333 g/mol. The van der Waals surface area contributed by atoms with Gasteiger partial charge in [-0.15, -0.1) is 0 Å². The fraction of sp³-hybridized carbons (Fsp3) is 0.235. The van der Waals surface area contributed by atoms with E-state index < -0.39 is 23.5 Å². The molecule has 0 atom stereocenters. The summed E-state index contributed by atoms with van der Waals surface area (Å²) in [5.74, 6) is -2.46. The minimum atomic E-state index is -0.783. The highest BCUT2D eigenvalue weighted by atomic mass is 19.1. The zero-order valence-electron chi connectivity index (χ0n) is 13.4. The molecule has 0 bridgehead atoms. The average Bonchev–Trinajstić information content (AvgIpc) is 2.83. The first-order chi connectivity index (χ1) is 11.3. The molecule has 0 radical (unpaired) electrons. The summed E-state index contributed by atoms with van der Waals surface area (Å²) in [6, 6.07) is 5.03. The van der Waals surface area contributed by atoms with Gasteiger partial charge in [-0.2, -0.15) is 0 Å². The van der Waals surface area contributed by atoms with E-state index in [1.165, 1.54) is 32.0 Å². The summed E-state index contributed by atoms with van der Waals surface area (Å²) in [6.45, 7) is 4.48. The molecule has 0 fully saturated rings. The predicted molar refractivity (Wildman–Crippen MR) is 83.8 cm³/mol. The third-order valence-corrected chi connectivity index (χ3v) is 3.23. The number of hydrogen-bond donors (Lipinski definition) is 1. The van der Waals surface area contributed by atoms with Crippen molar-refractivity contribution in [2.45, 2.75) is 20.8 Å². The Morgan fingerprint density at radius 2 is 1.96 bits per heavy atom. The van der Waals surface area contributed by atoms with E-state index in [1.54, 1.807) is 6.92 Å². The number of furan rings is 1. The largest absolute Gasteiger partial charge is 0.462 e. The zero-order valence-corrected chi connectivity index (χ0v) is 13.4. The molecular weight excluding hydrogens is 317 g/mol. The van der Waals surface area contributed by atoms with Gasteiger partial charge >= 0.3 is 5.97 Å². The maximum Gasteiger partial charge on any atom is 0.344 e. The van der Waals surface area contributed by atoms with Crippen molar-refractivity contribution in [1.29, 1.82) is 0 Å². The molecule has 2 aromatic rings. The van der Waals surface area contributed by atoms with Gasteiger partial charge in [0.15, 0.2) is 5.78 Å². The number of aryl methyl sites for hydroxylation is 1. The van der Waals surface area contributed by atoms with Crippen LogP contribution in [0.2, 0.25) is 0 Å². The van der Waals surface area contributed by atoms with Crippen LogP contribution in [0.15, 0.2) is 28.7 Å². The van der Waals surface area contributed by atoms with Crippen LogP contribution in [0.25, 0.3) is 0 Å². The molecule has 1 N–H and O–H groups in total. The van der Waals surface area contributed by atoms with Crippen molar-refractivity contribution in [3.63, 3.8) is 0 Å². The standard InChI is InChI=1S/C17H16FNO5/c1-4-23-17(22)14-13(9(2)20)10(3)24-16(14)19-15(21)11-6-5-7-12(18)8-11/h5-8H,4H2,1-3H3,(H,19,21). The number of anilines is 1. The van der Waals surface area contributed by atoms with Crippen LogP contribution < -0.4 is 5.32 Å². The highest BCUT2D eigenvalue weighted by Crippen LogP contribution is 2.29. The normalized spacial score (nSPS) is 10.3. The number of hydrogen-bond acceptors (Lipinski definition) is 5. The fourth-order valence-electron chi connectivity index (χ4n) is 2.26. The monoisotopic (exact) mass is 333 g/mol. The Bertz CT molecular complexity index is 809. The number of Topliss-reactive ketones (excluding diaryl/α,β-unsaturated/α-hetero) is 1. The molecule has 0 unspecified atom stereocenters. The van der Waals surface area contributed by atoms with Gasteiger partial charge in [-0.25, -0.2) is 9.18 Å². The first-order valence-electron chi connectivity index (χ1n) is 7.23. The Morgan fingerprint density at radius 1 is 1.25 bits per heavy atom. The van der Waals surface area contributed by atoms with E-state index in [-0.39, 0.29) is 34.9 Å². The number of ether oxygens (including phenoxy) is 1. The summed E-state index contributed by atoms with van der Waals surface area (Å²) < 4.78 is 23.5. The first kappa shape index (κ1) is 17.4. The van der Waals surface area contributed by atoms with E-state index in [2.05, 4.69) is 5.32 Å². The van der Waals surface area contributed by atoms with E-state index in [0.717, 1.165) is 6.07 Å². The van der Waals surface area contributed by atoms with Crippen LogP contribution in [0.4, 0.5) is 10.3 Å². The summed E-state index contributed by atoms with van der Waals surface area (Å²) in [6.07, 6.45) is 0. The molecule has 0 aliphatic heterocycles. The van der Waals surface area contributed by atoms with E-state index in [4.69, 9.17) is 9.15 Å². The molecule has 1 heterocycles. The quantitative estimate of drug-likeness (QED) is 0.670. The van der Waals surface area contributed by atoms with Crippen molar-refractivity contribution in [2.75, 3.05) is 11.9 Å². The van der Waals surface area contributed by atoms with Gasteiger partial charge in [-0.3, -0.25) is 14.9 Å². The molecule has 24 heavy (non-hydrogen) atoms. The topological polar surface area (TPSA) is 85.6 Å². The summed E-state index contributed by atoms with van der Waals surface area (Å²) in [5.41, 5.74) is -0.0576. The SMILES string of the molecule is CCOC(=O)c1c(NC(=O)c2cccc(F)c2)oc(C)c1C(C)=O. The van der Waals surface area contributed by atoms with Crippen molar-refractivity contribution in [3.8, 4) is 0 Å². The highest BCUT2D eigenvalue weighted by Gasteiger charge is 2.28. The van der Waals surface area contributed by atoms with Gasteiger partial charge in [0.05, 0.1) is 12.2 Å². The summed E-state index contributed by atoms with van der Waals surface area (Å²) in [5, 5.41) is 2.38. The Kier molecular flexibility index (Phi) is 5.13. The van der Waals surface area contributed by atoms with Crippen LogP contribution in [0.1, 0.15) is 50.7 Å². The number of nitrogens with one attached hydrogen (secondary N) is 1. The molecular formula is C17H16FNO5. The second-order valence-corrected chi connectivity index (χ2v) is 4.98. The van der Waals surface area contributed by atoms with Gasteiger partial charge in [-0.1, -0.05) is 6.07 Å². The van der Waals surface area contributed by atoms with Crippen LogP contribution in [-0.2, 0) is 4.74 Å². The molecule has 1 aromatic heterocycles. The molecule has 0 aliphatic carbocycles. The number of esters is 1. The maximum absolute atomic E-state index is 13.2. The molecule has 0 spiro atoms. The van der Waals surface area contributed by atoms with Crippen LogP contribution in [-0.4, -0.2) is 24.3 Å². The smallest absolute Gasteiger partial charge is 0.344 e. The summed E-state index contributed by atoms with van der Waals surface area (Å²) in [4.78, 5) is 36.1. The summed E-state index contributed by atoms with van der Waals surface area (Å²) in [7, 11) is 0. The van der Waals surface area contributed by atoms with Crippen LogP contribution in [0, 0.1) is 12.7 Å². The number of benzene rings is 1. The summed E-state index contributed by atoms with van der Waals surface area (Å²) >= 11 is 0. The minimum Gasteiger partial charge on any atom is -0.462 e. The number of ketones is 1. The molecule has 0 saturated heterocycles. The molecule has 2 rings (SSSR count). The second kappa shape index (κ2) is 7.08. The predicted octanol–water partition coefficient (Wildman–Crippen LogP) is 3.36. The van der Waals surface area contributed by atoms with Crippen molar-refractivity contribution in [1.82, 2.24) is 0 Å². The Morgan fingerprint density at radius 3 is 2.54 bits per heavy atom. The Labute approximate surface area is 137 Å². The number of halogens is 1. The van der Waals surface area contributed by atoms with Crippen molar-refractivity contribution in [2.24, 2.45) is 0 Å². The minimum absolute atomic E-state index is 0.0444. The van der Waals surface area contributed by atoms with Gasteiger partial charge in [0.2, 0.25) is 5.88 Å².